The maximum atomic E-state index is 10.8. The van der Waals surface area contributed by atoms with E-state index in [1.165, 1.54) is 18.4 Å². The average molecular weight is 426 g/mol. The van der Waals surface area contributed by atoms with Crippen molar-refractivity contribution in [1.82, 2.24) is 15.2 Å². The van der Waals surface area contributed by atoms with Crippen molar-refractivity contribution in [2.45, 2.75) is 44.6 Å². The summed E-state index contributed by atoms with van der Waals surface area (Å²) in [5.74, 6) is -0.0612. The Morgan fingerprint density at radius 3 is 2.29 bits per heavy atom. The second-order valence-corrected chi connectivity index (χ2v) is 8.68. The Kier molecular flexibility index (Phi) is 8.85. The van der Waals surface area contributed by atoms with E-state index >= 15 is 0 Å². The zero-order chi connectivity index (χ0) is 21.9. The predicted molar refractivity (Wildman–Crippen MR) is 122 cm³/mol. The van der Waals surface area contributed by atoms with Crippen LogP contribution >= 0.6 is 0 Å². The number of ether oxygens (including phenoxy) is 1. The van der Waals surface area contributed by atoms with E-state index in [-0.39, 0.29) is 11.8 Å². The van der Waals surface area contributed by atoms with Crippen LogP contribution in [0.1, 0.15) is 37.7 Å². The highest BCUT2D eigenvalue weighted by Crippen LogP contribution is 2.36. The molecule has 1 aliphatic carbocycles. The maximum absolute atomic E-state index is 10.8. The van der Waals surface area contributed by atoms with Crippen LogP contribution in [0.2, 0.25) is 0 Å². The second kappa shape index (κ2) is 11.8. The van der Waals surface area contributed by atoms with E-state index in [0.29, 0.717) is 18.5 Å². The highest BCUT2D eigenvalue weighted by atomic mass is 16.5. The molecular weight excluding hydrogens is 390 g/mol. The topological polar surface area (TPSA) is 74.7 Å². The van der Waals surface area contributed by atoms with Crippen molar-refractivity contribution in [3.05, 3.63) is 60.3 Å². The average Bonchev–Trinajstić information content (AvgIpc) is 3.64. The van der Waals surface area contributed by atoms with Gasteiger partial charge in [-0.2, -0.15) is 0 Å². The molecule has 6 heteroatoms. The zero-order valence-corrected chi connectivity index (χ0v) is 18.5. The molecular formula is C25H35N3O3. The van der Waals surface area contributed by atoms with Gasteiger partial charge in [-0.3, -0.25) is 4.79 Å². The number of benzene rings is 1. The van der Waals surface area contributed by atoms with Crippen molar-refractivity contribution >= 4 is 5.97 Å². The number of hydrogen-bond donors (Lipinski definition) is 2. The molecule has 1 saturated heterocycles. The summed E-state index contributed by atoms with van der Waals surface area (Å²) in [6.45, 7) is 3.65. The van der Waals surface area contributed by atoms with Gasteiger partial charge in [0.15, 0.2) is 0 Å². The van der Waals surface area contributed by atoms with E-state index in [1.54, 1.807) is 7.11 Å². The smallest absolute Gasteiger partial charge is 0.304 e. The lowest BCUT2D eigenvalue weighted by atomic mass is 9.73. The molecule has 168 valence electrons. The van der Waals surface area contributed by atoms with Crippen LogP contribution in [-0.2, 0) is 11.2 Å². The van der Waals surface area contributed by atoms with Gasteiger partial charge in [-0.25, -0.2) is 4.98 Å². The van der Waals surface area contributed by atoms with Crippen molar-refractivity contribution in [1.29, 1.82) is 0 Å². The number of rotatable bonds is 9. The molecule has 2 N–H and O–H groups in total. The summed E-state index contributed by atoms with van der Waals surface area (Å²) >= 11 is 0. The number of nitrogens with zero attached hydrogens (tertiary/aromatic N) is 2. The second-order valence-electron chi connectivity index (χ2n) is 8.68. The molecule has 2 aromatic rings. The normalized spacial score (nSPS) is 18.0. The first-order valence-electron chi connectivity index (χ1n) is 11.2. The first kappa shape index (κ1) is 23.2. The van der Waals surface area contributed by atoms with Gasteiger partial charge in [-0.1, -0.05) is 42.5 Å². The summed E-state index contributed by atoms with van der Waals surface area (Å²) in [6.07, 6.45) is 7.95. The first-order valence-corrected chi connectivity index (χ1v) is 11.2. The Balaban J connectivity index is 0.000000391. The Labute approximate surface area is 185 Å². The van der Waals surface area contributed by atoms with Crippen LogP contribution in [0.3, 0.4) is 0 Å². The highest BCUT2D eigenvalue weighted by molar-refractivity contribution is 5.66. The molecule has 4 rings (SSSR count). The molecule has 0 amide bonds. The van der Waals surface area contributed by atoms with Gasteiger partial charge in [-0.05, 0) is 56.2 Å². The number of methoxy groups -OCH3 is 1. The van der Waals surface area contributed by atoms with Crippen molar-refractivity contribution in [3.63, 3.8) is 0 Å². The summed E-state index contributed by atoms with van der Waals surface area (Å²) in [5.41, 5.74) is 1.48. The number of pyridine rings is 1. The minimum Gasteiger partial charge on any atom is -0.481 e. The Morgan fingerprint density at radius 1 is 1.16 bits per heavy atom. The molecule has 0 spiro atoms. The predicted octanol–water partition coefficient (Wildman–Crippen LogP) is 3.63. The number of likely N-dealkylation sites (tertiary alicyclic amines) is 1. The molecule has 6 nitrogen and oxygen atoms in total. The Bertz CT molecular complexity index is 744. The molecule has 1 aliphatic heterocycles. The van der Waals surface area contributed by atoms with Gasteiger partial charge in [0.2, 0.25) is 5.88 Å². The monoisotopic (exact) mass is 425 g/mol. The number of piperidine rings is 1. The van der Waals surface area contributed by atoms with Crippen molar-refractivity contribution < 1.29 is 14.6 Å². The van der Waals surface area contributed by atoms with Gasteiger partial charge >= 0.3 is 5.97 Å². The minimum atomic E-state index is -0.712. The van der Waals surface area contributed by atoms with Crippen molar-refractivity contribution in [2.24, 2.45) is 5.41 Å². The van der Waals surface area contributed by atoms with Crippen LogP contribution in [0.15, 0.2) is 54.7 Å². The number of carboxylic acids is 1. The van der Waals surface area contributed by atoms with Gasteiger partial charge in [-0.15, -0.1) is 0 Å². The summed E-state index contributed by atoms with van der Waals surface area (Å²) < 4.78 is 5.15. The molecule has 2 heterocycles. The van der Waals surface area contributed by atoms with Crippen LogP contribution < -0.4 is 10.1 Å². The lowest BCUT2D eigenvalue weighted by molar-refractivity contribution is -0.137. The summed E-state index contributed by atoms with van der Waals surface area (Å²) in [4.78, 5) is 17.4. The molecule has 1 saturated carbocycles. The number of hydrogen-bond acceptors (Lipinski definition) is 5. The standard InChI is InChI=1S/C19H29N3O3.C6H6/c1-25-17-5-2-15(13-20-17)12-19(14-21-16-3-4-16)7-10-22(11-8-19)9-6-18(23)24;1-2-4-6-5-3-1/h2,5,13,16,21H,3-4,6-12,14H2,1H3,(H,23,24);1-6H. The molecule has 1 aromatic heterocycles. The molecule has 1 aromatic carbocycles. The quantitative estimate of drug-likeness (QED) is 0.639. The van der Waals surface area contributed by atoms with E-state index < -0.39 is 5.97 Å². The van der Waals surface area contributed by atoms with E-state index in [4.69, 9.17) is 9.84 Å². The van der Waals surface area contributed by atoms with Crippen LogP contribution in [0.4, 0.5) is 0 Å². The fourth-order valence-corrected chi connectivity index (χ4v) is 4.02. The van der Waals surface area contributed by atoms with Gasteiger partial charge in [0.1, 0.15) is 0 Å². The van der Waals surface area contributed by atoms with E-state index in [1.807, 2.05) is 48.7 Å². The molecule has 0 atom stereocenters. The number of carboxylic acid groups (broad SMARTS) is 1. The Hall–Kier alpha value is -2.44. The lowest BCUT2D eigenvalue weighted by Gasteiger charge is -2.42. The van der Waals surface area contributed by atoms with Crippen molar-refractivity contribution in [3.8, 4) is 5.88 Å². The third-order valence-electron chi connectivity index (χ3n) is 6.15. The molecule has 0 unspecified atom stereocenters. The van der Waals surface area contributed by atoms with E-state index in [0.717, 1.165) is 38.9 Å². The van der Waals surface area contributed by atoms with Gasteiger partial charge in [0.25, 0.3) is 0 Å². The number of aliphatic carboxylic acids is 1. The third kappa shape index (κ3) is 8.31. The SMILES string of the molecule is COc1ccc(CC2(CNC3CC3)CCN(CCC(=O)O)CC2)cn1.c1ccccc1. The summed E-state index contributed by atoms with van der Waals surface area (Å²) in [6, 6.07) is 16.7. The largest absolute Gasteiger partial charge is 0.481 e. The van der Waals surface area contributed by atoms with E-state index in [9.17, 15) is 4.79 Å². The molecule has 0 bridgehead atoms. The van der Waals surface area contributed by atoms with Gasteiger partial charge < -0.3 is 20.1 Å². The van der Waals surface area contributed by atoms with Crippen LogP contribution in [0, 0.1) is 5.41 Å². The molecule has 31 heavy (non-hydrogen) atoms. The van der Waals surface area contributed by atoms with Gasteiger partial charge in [0.05, 0.1) is 13.5 Å². The third-order valence-corrected chi connectivity index (χ3v) is 6.15. The number of aromatic nitrogens is 1. The number of nitrogens with one attached hydrogen (secondary N) is 1. The first-order chi connectivity index (χ1) is 15.1. The molecule has 2 aliphatic rings. The highest BCUT2D eigenvalue weighted by Gasteiger charge is 2.36. The van der Waals surface area contributed by atoms with Crippen LogP contribution in [-0.4, -0.2) is 60.3 Å². The molecule has 2 fully saturated rings. The fraction of sp³-hybridized carbons (Fsp3) is 0.520. The maximum Gasteiger partial charge on any atom is 0.304 e. The lowest BCUT2D eigenvalue weighted by Crippen LogP contribution is -2.47. The van der Waals surface area contributed by atoms with Crippen LogP contribution in [0.25, 0.3) is 0 Å². The number of carbonyl (C=O) groups is 1. The van der Waals surface area contributed by atoms with E-state index in [2.05, 4.69) is 21.3 Å². The van der Waals surface area contributed by atoms with Crippen molar-refractivity contribution in [2.75, 3.05) is 33.3 Å². The molecule has 0 radical (unpaired) electrons. The summed E-state index contributed by atoms with van der Waals surface area (Å²) in [5, 5.41) is 12.6. The Morgan fingerprint density at radius 2 is 1.81 bits per heavy atom. The fourth-order valence-electron chi connectivity index (χ4n) is 4.02. The summed E-state index contributed by atoms with van der Waals surface area (Å²) in [7, 11) is 1.63. The van der Waals surface area contributed by atoms with Gasteiger partial charge in [0, 0.05) is 31.4 Å². The minimum absolute atomic E-state index is 0.232. The zero-order valence-electron chi connectivity index (χ0n) is 18.5. The van der Waals surface area contributed by atoms with Crippen LogP contribution in [0.5, 0.6) is 5.88 Å².